The van der Waals surface area contributed by atoms with Crippen molar-refractivity contribution in [1.29, 1.82) is 0 Å². The number of hydrogen-bond donors (Lipinski definition) is 0. The molecule has 0 spiro atoms. The van der Waals surface area contributed by atoms with Crippen LogP contribution in [0.2, 0.25) is 0 Å². The summed E-state index contributed by atoms with van der Waals surface area (Å²) in [6, 6.07) is 15.8. The zero-order valence-corrected chi connectivity index (χ0v) is 13.4. The third kappa shape index (κ3) is 4.84. The van der Waals surface area contributed by atoms with E-state index in [0.717, 1.165) is 11.3 Å². The van der Waals surface area contributed by atoms with Gasteiger partial charge in [-0.3, -0.25) is 0 Å². The Balaban J connectivity index is 1.85. The van der Waals surface area contributed by atoms with Crippen molar-refractivity contribution in [2.45, 2.75) is 11.8 Å². The van der Waals surface area contributed by atoms with Gasteiger partial charge in [0.2, 0.25) is 0 Å². The lowest BCUT2D eigenvalue weighted by Gasteiger charge is -2.16. The number of hydroxylamine groups is 2. The van der Waals surface area contributed by atoms with Crippen LogP contribution in [-0.2, 0) is 14.4 Å². The number of aryl methyl sites for hydroxylation is 1. The predicted molar refractivity (Wildman–Crippen MR) is 84.0 cm³/mol. The number of rotatable bonds is 7. The maximum atomic E-state index is 12.1. The molecule has 0 heterocycles. The highest BCUT2D eigenvalue weighted by atomic mass is 32.2. The van der Waals surface area contributed by atoms with E-state index in [0.29, 0.717) is 13.2 Å². The number of ether oxygens (including phenoxy) is 1. The smallest absolute Gasteiger partial charge is 0.313 e. The second-order valence-electron chi connectivity index (χ2n) is 4.85. The Morgan fingerprint density at radius 2 is 1.64 bits per heavy atom. The molecule has 0 fully saturated rings. The highest BCUT2D eigenvalue weighted by Crippen LogP contribution is 2.14. The van der Waals surface area contributed by atoms with Crippen molar-refractivity contribution in [1.82, 2.24) is 5.06 Å². The van der Waals surface area contributed by atoms with Gasteiger partial charge in [0.25, 0.3) is 0 Å². The van der Waals surface area contributed by atoms with Crippen LogP contribution in [0.25, 0.3) is 0 Å². The summed E-state index contributed by atoms with van der Waals surface area (Å²) in [5.41, 5.74) is 0.989. The second kappa shape index (κ2) is 7.40. The van der Waals surface area contributed by atoms with Gasteiger partial charge in [-0.25, -0.2) is 0 Å². The molecule has 0 amide bonds. The van der Waals surface area contributed by atoms with E-state index < -0.39 is 10.1 Å². The molecule has 2 aromatic rings. The highest BCUT2D eigenvalue weighted by Gasteiger charge is 2.18. The van der Waals surface area contributed by atoms with E-state index >= 15 is 0 Å². The molecular weight excluding hydrogens is 302 g/mol. The molecule has 0 saturated heterocycles. The van der Waals surface area contributed by atoms with Crippen LogP contribution in [0.4, 0.5) is 0 Å². The van der Waals surface area contributed by atoms with Gasteiger partial charge in [0.15, 0.2) is 0 Å². The molecule has 0 radical (unpaired) electrons. The van der Waals surface area contributed by atoms with Gasteiger partial charge in [0.1, 0.15) is 12.4 Å². The quantitative estimate of drug-likeness (QED) is 0.734. The first-order valence-corrected chi connectivity index (χ1v) is 8.28. The van der Waals surface area contributed by atoms with Crippen molar-refractivity contribution in [2.75, 3.05) is 20.2 Å². The summed E-state index contributed by atoms with van der Waals surface area (Å²) in [5.74, 6) is 0.734. The van der Waals surface area contributed by atoms with Crippen LogP contribution >= 0.6 is 0 Å². The van der Waals surface area contributed by atoms with E-state index in [9.17, 15) is 8.42 Å². The molecule has 0 saturated carbocycles. The van der Waals surface area contributed by atoms with E-state index in [1.54, 1.807) is 19.2 Å². The van der Waals surface area contributed by atoms with Gasteiger partial charge in [-0.1, -0.05) is 35.9 Å². The fourth-order valence-corrected chi connectivity index (χ4v) is 2.73. The van der Waals surface area contributed by atoms with Crippen LogP contribution in [-0.4, -0.2) is 33.7 Å². The van der Waals surface area contributed by atoms with Gasteiger partial charge in [0, 0.05) is 7.05 Å². The Bertz CT molecular complexity index is 684. The van der Waals surface area contributed by atoms with Gasteiger partial charge in [-0.05, 0) is 31.2 Å². The van der Waals surface area contributed by atoms with Crippen molar-refractivity contribution < 1.29 is 17.4 Å². The molecular formula is C16H19NO4S. The molecule has 0 aliphatic heterocycles. The van der Waals surface area contributed by atoms with Gasteiger partial charge in [0.05, 0.1) is 11.4 Å². The first-order chi connectivity index (χ1) is 10.5. The Hall–Kier alpha value is -1.89. The standard InChI is InChI=1S/C16H19NO4S/c1-14-8-10-16(11-9-14)22(18,19)21-17(2)12-13-20-15-6-4-3-5-7-15/h3-11H,12-13H2,1-2H3. The van der Waals surface area contributed by atoms with Gasteiger partial charge < -0.3 is 4.74 Å². The van der Waals surface area contributed by atoms with E-state index in [4.69, 9.17) is 9.02 Å². The fourth-order valence-electron chi connectivity index (χ4n) is 1.76. The first kappa shape index (κ1) is 16.5. The average molecular weight is 321 g/mol. The lowest BCUT2D eigenvalue weighted by molar-refractivity contribution is -0.0324. The lowest BCUT2D eigenvalue weighted by Crippen LogP contribution is -2.27. The van der Waals surface area contributed by atoms with Gasteiger partial charge >= 0.3 is 10.1 Å². The summed E-state index contributed by atoms with van der Waals surface area (Å²) in [6.07, 6.45) is 0. The summed E-state index contributed by atoms with van der Waals surface area (Å²) in [5, 5.41) is 1.25. The maximum Gasteiger partial charge on any atom is 0.313 e. The number of benzene rings is 2. The first-order valence-electron chi connectivity index (χ1n) is 6.87. The van der Waals surface area contributed by atoms with E-state index in [-0.39, 0.29) is 4.90 Å². The van der Waals surface area contributed by atoms with Crippen molar-refractivity contribution >= 4 is 10.1 Å². The number of hydrogen-bond acceptors (Lipinski definition) is 5. The Labute approximate surface area is 131 Å². The third-order valence-electron chi connectivity index (χ3n) is 2.95. The van der Waals surface area contributed by atoms with Crippen LogP contribution in [0, 0.1) is 6.92 Å². The second-order valence-corrected chi connectivity index (χ2v) is 6.38. The molecule has 0 bridgehead atoms. The van der Waals surface area contributed by atoms with Crippen LogP contribution < -0.4 is 4.74 Å². The van der Waals surface area contributed by atoms with Crippen LogP contribution in [0.3, 0.4) is 0 Å². The van der Waals surface area contributed by atoms with Gasteiger partial charge in [-0.15, -0.1) is 0 Å². The topological polar surface area (TPSA) is 55.8 Å². The minimum atomic E-state index is -3.80. The molecule has 118 valence electrons. The lowest BCUT2D eigenvalue weighted by atomic mass is 10.2. The maximum absolute atomic E-state index is 12.1. The largest absolute Gasteiger partial charge is 0.492 e. The summed E-state index contributed by atoms with van der Waals surface area (Å²) in [7, 11) is -2.25. The van der Waals surface area contributed by atoms with Crippen LogP contribution in [0.1, 0.15) is 5.56 Å². The molecule has 0 unspecified atom stereocenters. The normalized spacial score (nSPS) is 11.6. The molecule has 2 aromatic carbocycles. The van der Waals surface area contributed by atoms with Crippen molar-refractivity contribution in [3.63, 3.8) is 0 Å². The SMILES string of the molecule is Cc1ccc(S(=O)(=O)ON(C)CCOc2ccccc2)cc1. The fraction of sp³-hybridized carbons (Fsp3) is 0.250. The van der Waals surface area contributed by atoms with Gasteiger partial charge in [-0.2, -0.15) is 17.8 Å². The average Bonchev–Trinajstić information content (AvgIpc) is 2.48. The summed E-state index contributed by atoms with van der Waals surface area (Å²) < 4.78 is 34.7. The van der Waals surface area contributed by atoms with Crippen LogP contribution in [0.15, 0.2) is 59.5 Å². The van der Waals surface area contributed by atoms with E-state index in [2.05, 4.69) is 0 Å². The number of likely N-dealkylation sites (N-methyl/N-ethyl adjacent to an activating group) is 1. The Morgan fingerprint density at radius 1 is 1.00 bits per heavy atom. The van der Waals surface area contributed by atoms with Crippen molar-refractivity contribution in [3.8, 4) is 5.75 Å². The molecule has 22 heavy (non-hydrogen) atoms. The van der Waals surface area contributed by atoms with Crippen LogP contribution in [0.5, 0.6) is 5.75 Å². The van der Waals surface area contributed by atoms with E-state index in [1.165, 1.54) is 17.2 Å². The summed E-state index contributed by atoms with van der Waals surface area (Å²) in [4.78, 5) is 0.133. The highest BCUT2D eigenvalue weighted by molar-refractivity contribution is 7.86. The molecule has 2 rings (SSSR count). The molecule has 0 aliphatic rings. The molecule has 6 heteroatoms. The molecule has 0 aromatic heterocycles. The third-order valence-corrected chi connectivity index (χ3v) is 4.25. The molecule has 0 aliphatic carbocycles. The Kier molecular flexibility index (Phi) is 5.54. The zero-order valence-electron chi connectivity index (χ0n) is 12.6. The molecule has 0 atom stereocenters. The number of para-hydroxylation sites is 1. The zero-order chi connectivity index (χ0) is 16.0. The minimum absolute atomic E-state index is 0.133. The summed E-state index contributed by atoms with van der Waals surface area (Å²) in [6.45, 7) is 2.54. The monoisotopic (exact) mass is 321 g/mol. The van der Waals surface area contributed by atoms with Crippen molar-refractivity contribution in [2.24, 2.45) is 0 Å². The van der Waals surface area contributed by atoms with E-state index in [1.807, 2.05) is 37.3 Å². The molecule has 0 N–H and O–H groups in total. The predicted octanol–water partition coefficient (Wildman–Crippen LogP) is 2.63. The Morgan fingerprint density at radius 3 is 2.27 bits per heavy atom. The minimum Gasteiger partial charge on any atom is -0.492 e. The molecule has 5 nitrogen and oxygen atoms in total. The van der Waals surface area contributed by atoms with Crippen molar-refractivity contribution in [3.05, 3.63) is 60.2 Å². The summed E-state index contributed by atoms with van der Waals surface area (Å²) >= 11 is 0. The number of nitrogens with zero attached hydrogens (tertiary/aromatic N) is 1.